The average Bonchev–Trinajstić information content (AvgIpc) is 3.32. The van der Waals surface area contributed by atoms with Gasteiger partial charge in [0.15, 0.2) is 0 Å². The minimum atomic E-state index is 0.110. The molecular formula is C16H17N3O2S. The number of nitrogens with zero attached hydrogens (tertiary/aromatic N) is 3. The monoisotopic (exact) mass is 315 g/mol. The van der Waals surface area contributed by atoms with Crippen LogP contribution in [0.3, 0.4) is 0 Å². The standard InChI is InChI=1S/C16H17N3O2S/c20-16(19-7-9-22-10-8-19)13-5-1-11(2-6-13)14-17-15(21-18-14)12-3-4-12/h1-2,5-6,12H,3-4,7-10H2. The molecule has 4 rings (SSSR count). The highest BCUT2D eigenvalue weighted by Gasteiger charge is 2.29. The summed E-state index contributed by atoms with van der Waals surface area (Å²) in [5.41, 5.74) is 1.61. The molecular weight excluding hydrogens is 298 g/mol. The topological polar surface area (TPSA) is 59.2 Å². The molecule has 1 aliphatic heterocycles. The van der Waals surface area contributed by atoms with E-state index in [1.54, 1.807) is 0 Å². The molecule has 114 valence electrons. The predicted molar refractivity (Wildman–Crippen MR) is 84.9 cm³/mol. The van der Waals surface area contributed by atoms with Crippen molar-refractivity contribution in [2.75, 3.05) is 24.6 Å². The highest BCUT2D eigenvalue weighted by atomic mass is 32.2. The van der Waals surface area contributed by atoms with E-state index in [1.807, 2.05) is 40.9 Å². The van der Waals surface area contributed by atoms with Crippen molar-refractivity contribution in [2.24, 2.45) is 0 Å². The second kappa shape index (κ2) is 5.76. The third kappa shape index (κ3) is 2.75. The van der Waals surface area contributed by atoms with Crippen LogP contribution >= 0.6 is 11.8 Å². The number of rotatable bonds is 3. The van der Waals surface area contributed by atoms with Gasteiger partial charge in [-0.25, -0.2) is 0 Å². The fourth-order valence-electron chi connectivity index (χ4n) is 2.56. The first-order valence-corrected chi connectivity index (χ1v) is 8.78. The molecule has 6 heteroatoms. The van der Waals surface area contributed by atoms with E-state index in [0.29, 0.717) is 11.7 Å². The highest BCUT2D eigenvalue weighted by Crippen LogP contribution is 2.39. The van der Waals surface area contributed by atoms with E-state index in [2.05, 4.69) is 10.1 Å². The number of benzene rings is 1. The van der Waals surface area contributed by atoms with Gasteiger partial charge >= 0.3 is 0 Å². The number of thioether (sulfide) groups is 1. The number of aromatic nitrogens is 2. The van der Waals surface area contributed by atoms with Gasteiger partial charge in [0, 0.05) is 41.6 Å². The Morgan fingerprint density at radius 2 is 1.91 bits per heavy atom. The zero-order chi connectivity index (χ0) is 14.9. The summed E-state index contributed by atoms with van der Waals surface area (Å²) in [6.07, 6.45) is 2.28. The van der Waals surface area contributed by atoms with Crippen molar-refractivity contribution in [3.05, 3.63) is 35.7 Å². The summed E-state index contributed by atoms with van der Waals surface area (Å²) in [4.78, 5) is 18.8. The molecule has 1 saturated heterocycles. The van der Waals surface area contributed by atoms with Crippen LogP contribution in [-0.4, -0.2) is 45.5 Å². The van der Waals surface area contributed by atoms with Gasteiger partial charge in [0.1, 0.15) is 0 Å². The Bertz CT molecular complexity index is 673. The van der Waals surface area contributed by atoms with Crippen LogP contribution in [0.25, 0.3) is 11.4 Å². The van der Waals surface area contributed by atoms with E-state index in [1.165, 1.54) is 0 Å². The van der Waals surface area contributed by atoms with Crippen LogP contribution in [0, 0.1) is 0 Å². The van der Waals surface area contributed by atoms with E-state index < -0.39 is 0 Å². The summed E-state index contributed by atoms with van der Waals surface area (Å²) >= 11 is 1.90. The fourth-order valence-corrected chi connectivity index (χ4v) is 3.46. The smallest absolute Gasteiger partial charge is 0.253 e. The number of amides is 1. The van der Waals surface area contributed by atoms with Gasteiger partial charge in [-0.3, -0.25) is 4.79 Å². The summed E-state index contributed by atoms with van der Waals surface area (Å²) in [6, 6.07) is 7.50. The van der Waals surface area contributed by atoms with E-state index in [-0.39, 0.29) is 5.91 Å². The first-order chi connectivity index (χ1) is 10.8. The van der Waals surface area contributed by atoms with Crippen LogP contribution in [0.5, 0.6) is 0 Å². The van der Waals surface area contributed by atoms with Crippen molar-refractivity contribution < 1.29 is 9.32 Å². The molecule has 22 heavy (non-hydrogen) atoms. The molecule has 0 unspecified atom stereocenters. The Morgan fingerprint density at radius 1 is 1.18 bits per heavy atom. The van der Waals surface area contributed by atoms with Gasteiger partial charge in [-0.05, 0) is 25.0 Å². The van der Waals surface area contributed by atoms with Gasteiger partial charge < -0.3 is 9.42 Å². The summed E-state index contributed by atoms with van der Waals surface area (Å²) in [7, 11) is 0. The maximum absolute atomic E-state index is 12.4. The summed E-state index contributed by atoms with van der Waals surface area (Å²) in [5.74, 6) is 3.96. The second-order valence-electron chi connectivity index (χ2n) is 5.71. The molecule has 0 spiro atoms. The lowest BCUT2D eigenvalue weighted by Crippen LogP contribution is -2.37. The molecule has 5 nitrogen and oxygen atoms in total. The van der Waals surface area contributed by atoms with Crippen LogP contribution in [0.15, 0.2) is 28.8 Å². The molecule has 0 atom stereocenters. The third-order valence-corrected chi connectivity index (χ3v) is 5.00. The van der Waals surface area contributed by atoms with Crippen molar-refractivity contribution in [1.29, 1.82) is 0 Å². The van der Waals surface area contributed by atoms with Gasteiger partial charge in [-0.15, -0.1) is 0 Å². The lowest BCUT2D eigenvalue weighted by atomic mass is 10.1. The van der Waals surface area contributed by atoms with Crippen molar-refractivity contribution in [2.45, 2.75) is 18.8 Å². The quantitative estimate of drug-likeness (QED) is 0.871. The first-order valence-electron chi connectivity index (χ1n) is 7.62. The number of hydrogen-bond acceptors (Lipinski definition) is 5. The van der Waals surface area contributed by atoms with Gasteiger partial charge in [0.25, 0.3) is 5.91 Å². The Balaban J connectivity index is 1.50. The number of hydrogen-bond donors (Lipinski definition) is 0. The molecule has 1 aromatic carbocycles. The molecule has 1 amide bonds. The first kappa shape index (κ1) is 13.8. The van der Waals surface area contributed by atoms with Gasteiger partial charge in [-0.2, -0.15) is 16.7 Å². The largest absolute Gasteiger partial charge is 0.339 e. The molecule has 2 heterocycles. The summed E-state index contributed by atoms with van der Waals surface area (Å²) in [5, 5.41) is 4.03. The molecule has 0 bridgehead atoms. The molecule has 2 aliphatic rings. The molecule has 1 saturated carbocycles. The number of carbonyl (C=O) groups is 1. The second-order valence-corrected chi connectivity index (χ2v) is 6.94. The van der Waals surface area contributed by atoms with E-state index >= 15 is 0 Å². The Kier molecular flexibility index (Phi) is 3.62. The third-order valence-electron chi connectivity index (χ3n) is 4.06. The van der Waals surface area contributed by atoms with E-state index in [4.69, 9.17) is 4.52 Å². The SMILES string of the molecule is O=C(c1ccc(-c2noc(C3CC3)n2)cc1)N1CCSCC1. The van der Waals surface area contributed by atoms with Gasteiger partial charge in [0.2, 0.25) is 11.7 Å². The summed E-state index contributed by atoms with van der Waals surface area (Å²) in [6.45, 7) is 1.67. The van der Waals surface area contributed by atoms with Gasteiger partial charge in [-0.1, -0.05) is 17.3 Å². The van der Waals surface area contributed by atoms with Crippen molar-refractivity contribution in [3.8, 4) is 11.4 Å². The molecule has 1 aromatic heterocycles. The van der Waals surface area contributed by atoms with Crippen LogP contribution in [0.4, 0.5) is 0 Å². The Morgan fingerprint density at radius 3 is 2.59 bits per heavy atom. The van der Waals surface area contributed by atoms with Crippen LogP contribution in [0.2, 0.25) is 0 Å². The van der Waals surface area contributed by atoms with Crippen LogP contribution in [-0.2, 0) is 0 Å². The Labute approximate surface area is 133 Å². The van der Waals surface area contributed by atoms with Crippen LogP contribution in [0.1, 0.15) is 35.0 Å². The van der Waals surface area contributed by atoms with Crippen molar-refractivity contribution >= 4 is 17.7 Å². The summed E-state index contributed by atoms with van der Waals surface area (Å²) < 4.78 is 5.28. The lowest BCUT2D eigenvalue weighted by molar-refractivity contribution is 0.0772. The molecule has 2 aromatic rings. The highest BCUT2D eigenvalue weighted by molar-refractivity contribution is 7.99. The maximum atomic E-state index is 12.4. The fraction of sp³-hybridized carbons (Fsp3) is 0.438. The van der Waals surface area contributed by atoms with Gasteiger partial charge in [0.05, 0.1) is 0 Å². The Hall–Kier alpha value is -1.82. The maximum Gasteiger partial charge on any atom is 0.253 e. The van der Waals surface area contributed by atoms with Crippen LogP contribution < -0.4 is 0 Å². The predicted octanol–water partition coefficient (Wildman–Crippen LogP) is 2.80. The normalized spacial score (nSPS) is 18.5. The molecule has 1 aliphatic carbocycles. The number of carbonyl (C=O) groups excluding carboxylic acids is 1. The zero-order valence-corrected chi connectivity index (χ0v) is 13.0. The zero-order valence-electron chi connectivity index (χ0n) is 12.2. The lowest BCUT2D eigenvalue weighted by Gasteiger charge is -2.26. The molecule has 0 N–H and O–H groups in total. The van der Waals surface area contributed by atoms with E-state index in [9.17, 15) is 4.79 Å². The minimum absolute atomic E-state index is 0.110. The average molecular weight is 315 g/mol. The minimum Gasteiger partial charge on any atom is -0.339 e. The molecule has 0 radical (unpaired) electrons. The van der Waals surface area contributed by atoms with Crippen molar-refractivity contribution in [1.82, 2.24) is 15.0 Å². The molecule has 2 fully saturated rings. The van der Waals surface area contributed by atoms with Crippen molar-refractivity contribution in [3.63, 3.8) is 0 Å². The van der Waals surface area contributed by atoms with E-state index in [0.717, 1.165) is 54.5 Å².